The quantitative estimate of drug-likeness (QED) is 0.770. The Morgan fingerprint density at radius 1 is 0.474 bits per heavy atom. The van der Waals surface area contributed by atoms with Gasteiger partial charge in [0.05, 0.1) is 0 Å². The average molecular weight is 262 g/mol. The molecule has 5 fully saturated rings. The second-order valence-electron chi connectivity index (χ2n) is 8.37. The molecule has 2 heteroatoms. The van der Waals surface area contributed by atoms with E-state index in [1.54, 1.807) is 0 Å². The third kappa shape index (κ3) is 1.82. The molecule has 0 aromatic rings. The van der Waals surface area contributed by atoms with E-state index in [0.29, 0.717) is 25.0 Å². The van der Waals surface area contributed by atoms with Gasteiger partial charge in [0.1, 0.15) is 0 Å². The van der Waals surface area contributed by atoms with Crippen LogP contribution in [0.15, 0.2) is 0 Å². The van der Waals surface area contributed by atoms with E-state index in [-0.39, 0.29) is 0 Å². The molecule has 5 saturated carbocycles. The normalized spacial score (nSPS) is 64.7. The van der Waals surface area contributed by atoms with E-state index in [4.69, 9.17) is 0 Å². The number of aliphatic hydroxyl groups is 2. The molecule has 19 heavy (non-hydrogen) atoms. The lowest BCUT2D eigenvalue weighted by Crippen LogP contribution is -1.98. The molecule has 2 N–H and O–H groups in total. The van der Waals surface area contributed by atoms with Crippen molar-refractivity contribution >= 4 is 0 Å². The van der Waals surface area contributed by atoms with Crippen molar-refractivity contribution in [2.45, 2.75) is 32.1 Å². The first-order valence-electron chi connectivity index (χ1n) is 8.53. The lowest BCUT2D eigenvalue weighted by Gasteiger charge is -2.00. The maximum absolute atomic E-state index is 9.17. The van der Waals surface area contributed by atoms with Gasteiger partial charge >= 0.3 is 0 Å². The van der Waals surface area contributed by atoms with E-state index in [9.17, 15) is 10.2 Å². The van der Waals surface area contributed by atoms with Gasteiger partial charge in [0.15, 0.2) is 0 Å². The summed E-state index contributed by atoms with van der Waals surface area (Å²) in [5.41, 5.74) is 0. The Balaban J connectivity index is 1.10. The van der Waals surface area contributed by atoms with Crippen LogP contribution in [-0.2, 0) is 0 Å². The lowest BCUT2D eigenvalue weighted by atomic mass is 10.1. The number of rotatable bonds is 6. The van der Waals surface area contributed by atoms with Gasteiger partial charge in [-0.1, -0.05) is 0 Å². The minimum absolute atomic E-state index is 0.441. The molecule has 0 aromatic carbocycles. The third-order valence-corrected chi connectivity index (χ3v) is 7.30. The summed E-state index contributed by atoms with van der Waals surface area (Å²) in [6.45, 7) is 0.883. The molecule has 0 heterocycles. The molecule has 2 nitrogen and oxygen atoms in total. The Bertz CT molecular complexity index is 359. The molecule has 10 atom stereocenters. The topological polar surface area (TPSA) is 40.5 Å². The molecule has 0 radical (unpaired) electrons. The van der Waals surface area contributed by atoms with Crippen LogP contribution in [0.3, 0.4) is 0 Å². The van der Waals surface area contributed by atoms with Crippen molar-refractivity contribution in [1.82, 2.24) is 0 Å². The highest BCUT2D eigenvalue weighted by atomic mass is 16.3. The molecular formula is C17H26O2. The first kappa shape index (κ1) is 11.6. The van der Waals surface area contributed by atoms with Crippen molar-refractivity contribution < 1.29 is 10.2 Å². The molecule has 0 amide bonds. The Hall–Kier alpha value is -0.0800. The molecule has 106 valence electrons. The van der Waals surface area contributed by atoms with Gasteiger partial charge in [-0.25, -0.2) is 0 Å². The molecule has 0 bridgehead atoms. The first-order chi connectivity index (χ1) is 9.31. The molecule has 0 aliphatic heterocycles. The summed E-state index contributed by atoms with van der Waals surface area (Å²) in [5, 5.41) is 18.3. The van der Waals surface area contributed by atoms with Gasteiger partial charge in [-0.3, -0.25) is 0 Å². The van der Waals surface area contributed by atoms with E-state index in [2.05, 4.69) is 0 Å². The van der Waals surface area contributed by atoms with Gasteiger partial charge in [0.2, 0.25) is 0 Å². The van der Waals surface area contributed by atoms with E-state index >= 15 is 0 Å². The van der Waals surface area contributed by atoms with Crippen molar-refractivity contribution in [3.05, 3.63) is 0 Å². The summed E-state index contributed by atoms with van der Waals surface area (Å²) in [6, 6.07) is 0. The van der Waals surface area contributed by atoms with Crippen molar-refractivity contribution in [1.29, 1.82) is 0 Å². The largest absolute Gasteiger partial charge is 0.396 e. The standard InChI is InChI=1S/C17H26O2/c18-6-8-1-10(8)12-3-14(12)16-5-17(16)15-4-13(15)11-2-9(11)7-19/h8-19H,1-7H2/t8-,9-,10+,11+,12-,13-,14-,15-,16-,17-/m1/s1. The van der Waals surface area contributed by atoms with Gasteiger partial charge in [-0.2, -0.15) is 0 Å². The zero-order chi connectivity index (χ0) is 12.7. The third-order valence-electron chi connectivity index (χ3n) is 7.30. The van der Waals surface area contributed by atoms with Gasteiger partial charge in [-0.05, 0) is 91.3 Å². The Morgan fingerprint density at radius 2 is 0.789 bits per heavy atom. The van der Waals surface area contributed by atoms with Gasteiger partial charge < -0.3 is 10.2 Å². The molecule has 0 unspecified atom stereocenters. The summed E-state index contributed by atoms with van der Waals surface area (Å²) in [4.78, 5) is 0. The minimum atomic E-state index is 0.441. The average Bonchev–Trinajstić information content (AvgIpc) is 3.30. The molecule has 0 saturated heterocycles. The maximum atomic E-state index is 9.17. The Labute approximate surface area is 115 Å². The van der Waals surface area contributed by atoms with Crippen LogP contribution in [0.2, 0.25) is 0 Å². The minimum Gasteiger partial charge on any atom is -0.396 e. The van der Waals surface area contributed by atoms with E-state index in [1.807, 2.05) is 0 Å². The second kappa shape index (κ2) is 3.76. The molecule has 0 aromatic heterocycles. The fourth-order valence-corrected chi connectivity index (χ4v) is 5.67. The summed E-state index contributed by atoms with van der Waals surface area (Å²) in [5.74, 6) is 9.46. The highest BCUT2D eigenvalue weighted by Crippen LogP contribution is 2.72. The molecule has 5 aliphatic rings. The van der Waals surface area contributed by atoms with Gasteiger partial charge in [0, 0.05) is 13.2 Å². The predicted octanol–water partition coefficient (Wildman–Crippen LogP) is 2.15. The van der Waals surface area contributed by atoms with Crippen LogP contribution < -0.4 is 0 Å². The zero-order valence-electron chi connectivity index (χ0n) is 11.6. The lowest BCUT2D eigenvalue weighted by molar-refractivity contribution is 0.263. The zero-order valence-corrected chi connectivity index (χ0v) is 11.6. The van der Waals surface area contributed by atoms with Crippen molar-refractivity contribution in [3.8, 4) is 0 Å². The number of aliphatic hydroxyl groups excluding tert-OH is 2. The van der Waals surface area contributed by atoms with Crippen LogP contribution in [0.4, 0.5) is 0 Å². The predicted molar refractivity (Wildman–Crippen MR) is 72.2 cm³/mol. The molecule has 5 aliphatic carbocycles. The van der Waals surface area contributed by atoms with Crippen LogP contribution in [0.1, 0.15) is 32.1 Å². The summed E-state index contributed by atoms with van der Waals surface area (Å²) in [6.07, 6.45) is 7.14. The highest BCUT2D eigenvalue weighted by molar-refractivity contribution is 5.14. The summed E-state index contributed by atoms with van der Waals surface area (Å²) in [7, 11) is 0. The Morgan fingerprint density at radius 3 is 1.05 bits per heavy atom. The summed E-state index contributed by atoms with van der Waals surface area (Å²) >= 11 is 0. The van der Waals surface area contributed by atoms with Crippen LogP contribution in [-0.4, -0.2) is 23.4 Å². The van der Waals surface area contributed by atoms with E-state index in [1.165, 1.54) is 32.1 Å². The van der Waals surface area contributed by atoms with E-state index in [0.717, 1.165) is 47.3 Å². The van der Waals surface area contributed by atoms with Gasteiger partial charge in [0.25, 0.3) is 0 Å². The van der Waals surface area contributed by atoms with Crippen molar-refractivity contribution in [2.24, 2.45) is 59.2 Å². The maximum Gasteiger partial charge on any atom is 0.0462 e. The smallest absolute Gasteiger partial charge is 0.0462 e. The van der Waals surface area contributed by atoms with Gasteiger partial charge in [-0.15, -0.1) is 0 Å². The van der Waals surface area contributed by atoms with Crippen LogP contribution in [0.5, 0.6) is 0 Å². The first-order valence-corrected chi connectivity index (χ1v) is 8.53. The van der Waals surface area contributed by atoms with Crippen LogP contribution >= 0.6 is 0 Å². The second-order valence-corrected chi connectivity index (χ2v) is 8.37. The fraction of sp³-hybridized carbons (Fsp3) is 1.00. The number of hydrogen-bond acceptors (Lipinski definition) is 2. The fourth-order valence-electron chi connectivity index (χ4n) is 5.67. The highest BCUT2D eigenvalue weighted by Gasteiger charge is 2.65. The summed E-state index contributed by atoms with van der Waals surface area (Å²) < 4.78 is 0. The van der Waals surface area contributed by atoms with E-state index < -0.39 is 0 Å². The Kier molecular flexibility index (Phi) is 2.29. The van der Waals surface area contributed by atoms with Crippen molar-refractivity contribution in [3.63, 3.8) is 0 Å². The molecule has 5 rings (SSSR count). The van der Waals surface area contributed by atoms with Crippen LogP contribution in [0, 0.1) is 59.2 Å². The van der Waals surface area contributed by atoms with Crippen molar-refractivity contribution in [2.75, 3.05) is 13.2 Å². The SMILES string of the molecule is OC[C@H]1C[C@@H]1[C@H]1C[C@H]1[C@H]1C[C@@H]1[C@@H]1C[C@@H]1[C@H]1C[C@@H]1CO. The monoisotopic (exact) mass is 262 g/mol. The molecule has 0 spiro atoms. The molecular weight excluding hydrogens is 236 g/mol. The number of hydrogen-bond donors (Lipinski definition) is 2. The van der Waals surface area contributed by atoms with Crippen LogP contribution in [0.25, 0.3) is 0 Å².